The topological polar surface area (TPSA) is 128 Å². The van der Waals surface area contributed by atoms with Crippen molar-refractivity contribution >= 4 is 38.2 Å². The molecule has 38 heavy (non-hydrogen) atoms. The maximum absolute atomic E-state index is 13.9. The fraction of sp³-hybridized carbons (Fsp3) is 0.333. The molecule has 0 aliphatic carbocycles. The van der Waals surface area contributed by atoms with Gasteiger partial charge in [0.25, 0.3) is 5.56 Å². The number of sulfone groups is 1. The van der Waals surface area contributed by atoms with Crippen LogP contribution in [0.15, 0.2) is 68.1 Å². The molecule has 2 aromatic carbocycles. The first-order chi connectivity index (χ1) is 18.3. The average molecular weight is 532 g/mol. The highest BCUT2D eigenvalue weighted by Gasteiger charge is 2.30. The Morgan fingerprint density at radius 2 is 1.82 bits per heavy atom. The summed E-state index contributed by atoms with van der Waals surface area (Å²) in [6, 6.07) is 13.5. The van der Waals surface area contributed by atoms with Crippen molar-refractivity contribution in [2.24, 2.45) is 10.7 Å². The minimum absolute atomic E-state index is 0.00922. The lowest BCUT2D eigenvalue weighted by Crippen LogP contribution is -2.44. The zero-order valence-corrected chi connectivity index (χ0v) is 22.1. The molecule has 6 rings (SSSR count). The molecule has 1 fully saturated rings. The van der Waals surface area contributed by atoms with Crippen molar-refractivity contribution in [2.45, 2.75) is 55.6 Å². The second kappa shape index (κ2) is 9.17. The smallest absolute Gasteiger partial charge is 0.293 e. The summed E-state index contributed by atoms with van der Waals surface area (Å²) in [6.45, 7) is 5.91. The Bertz CT molecular complexity index is 1770. The molecular weight excluding hydrogens is 502 g/mol. The molecule has 196 valence electrons. The Labute approximate surface area is 220 Å². The van der Waals surface area contributed by atoms with Crippen molar-refractivity contribution in [3.63, 3.8) is 0 Å². The van der Waals surface area contributed by atoms with Crippen LogP contribution >= 0.6 is 0 Å². The molecule has 0 spiro atoms. The van der Waals surface area contributed by atoms with Crippen molar-refractivity contribution in [3.8, 4) is 0 Å². The first-order valence-corrected chi connectivity index (χ1v) is 14.3. The van der Waals surface area contributed by atoms with Gasteiger partial charge in [0, 0.05) is 31.2 Å². The van der Waals surface area contributed by atoms with Crippen LogP contribution in [0.5, 0.6) is 0 Å². The molecule has 2 aliphatic heterocycles. The van der Waals surface area contributed by atoms with Gasteiger partial charge in [-0.25, -0.2) is 23.1 Å². The van der Waals surface area contributed by atoms with Crippen LogP contribution in [0.25, 0.3) is 11.0 Å². The second-order valence-corrected chi connectivity index (χ2v) is 11.7. The van der Waals surface area contributed by atoms with Gasteiger partial charge in [-0.05, 0) is 44.9 Å². The lowest BCUT2D eigenvalue weighted by molar-refractivity contribution is 0.494. The Morgan fingerprint density at radius 1 is 1.08 bits per heavy atom. The molecule has 2 aliphatic rings. The molecule has 11 heteroatoms. The average Bonchev–Trinajstić information content (AvgIpc) is 3.28. The first-order valence-electron chi connectivity index (χ1n) is 12.8. The molecule has 1 atom stereocenters. The van der Waals surface area contributed by atoms with Gasteiger partial charge in [-0.1, -0.05) is 30.3 Å². The SMILES string of the molecule is CCn1c(N2CCCC(N)C2)nc2c(C)nn(CC3=Nc4ccccc4S(=O)(=O)c4ccccc43)c(=O)c21. The second-order valence-electron chi connectivity index (χ2n) is 9.78. The molecule has 2 N–H and O–H groups in total. The number of aryl methyl sites for hydroxylation is 2. The number of anilines is 1. The Balaban J connectivity index is 1.52. The van der Waals surface area contributed by atoms with E-state index < -0.39 is 9.84 Å². The van der Waals surface area contributed by atoms with Gasteiger partial charge in [0.05, 0.1) is 33.4 Å². The lowest BCUT2D eigenvalue weighted by Gasteiger charge is -2.31. The molecule has 4 aromatic rings. The zero-order valence-electron chi connectivity index (χ0n) is 21.3. The van der Waals surface area contributed by atoms with Crippen LogP contribution in [0, 0.1) is 6.92 Å². The first kappa shape index (κ1) is 24.5. The van der Waals surface area contributed by atoms with Gasteiger partial charge in [0.15, 0.2) is 0 Å². The quantitative estimate of drug-likeness (QED) is 0.429. The summed E-state index contributed by atoms with van der Waals surface area (Å²) in [4.78, 5) is 25.9. The van der Waals surface area contributed by atoms with Crippen molar-refractivity contribution < 1.29 is 8.42 Å². The molecular formula is C27H29N7O3S. The Morgan fingerprint density at radius 3 is 2.58 bits per heavy atom. The number of nitrogens with two attached hydrogens (primary N) is 1. The number of rotatable bonds is 4. The van der Waals surface area contributed by atoms with E-state index in [1.807, 2.05) is 18.4 Å². The van der Waals surface area contributed by atoms with Crippen molar-refractivity contribution in [3.05, 3.63) is 70.1 Å². The van der Waals surface area contributed by atoms with E-state index in [0.717, 1.165) is 25.3 Å². The fourth-order valence-electron chi connectivity index (χ4n) is 5.45. The van der Waals surface area contributed by atoms with Crippen LogP contribution in [0.3, 0.4) is 0 Å². The van der Waals surface area contributed by atoms with Gasteiger partial charge < -0.3 is 15.2 Å². The number of benzene rings is 2. The van der Waals surface area contributed by atoms with Crippen LogP contribution in [-0.2, 0) is 22.9 Å². The number of aliphatic imine (C=N–C) groups is 1. The molecule has 1 saturated heterocycles. The number of imidazole rings is 1. The third kappa shape index (κ3) is 3.84. The molecule has 10 nitrogen and oxygen atoms in total. The zero-order chi connectivity index (χ0) is 26.6. The summed E-state index contributed by atoms with van der Waals surface area (Å²) in [5.41, 5.74) is 8.84. The van der Waals surface area contributed by atoms with Gasteiger partial charge in [0.1, 0.15) is 11.0 Å². The number of hydrogen-bond acceptors (Lipinski definition) is 8. The van der Waals surface area contributed by atoms with E-state index in [2.05, 4.69) is 10.00 Å². The fourth-order valence-corrected chi connectivity index (χ4v) is 7.07. The van der Waals surface area contributed by atoms with Crippen LogP contribution < -0.4 is 16.2 Å². The van der Waals surface area contributed by atoms with Gasteiger partial charge in [0.2, 0.25) is 15.8 Å². The summed E-state index contributed by atoms with van der Waals surface area (Å²) >= 11 is 0. The van der Waals surface area contributed by atoms with E-state index in [0.29, 0.717) is 46.8 Å². The van der Waals surface area contributed by atoms with E-state index in [-0.39, 0.29) is 27.9 Å². The van der Waals surface area contributed by atoms with E-state index in [1.54, 1.807) is 48.5 Å². The maximum atomic E-state index is 13.9. The van der Waals surface area contributed by atoms with E-state index in [4.69, 9.17) is 15.7 Å². The van der Waals surface area contributed by atoms with Crippen molar-refractivity contribution in [1.29, 1.82) is 0 Å². The van der Waals surface area contributed by atoms with Gasteiger partial charge in [-0.2, -0.15) is 5.10 Å². The minimum atomic E-state index is -3.79. The molecule has 0 saturated carbocycles. The summed E-state index contributed by atoms with van der Waals surface area (Å²) in [6.07, 6.45) is 1.94. The number of para-hydroxylation sites is 1. The Hall–Kier alpha value is -3.83. The number of hydrogen-bond donors (Lipinski definition) is 1. The summed E-state index contributed by atoms with van der Waals surface area (Å²) in [5, 5.41) is 4.59. The van der Waals surface area contributed by atoms with E-state index >= 15 is 0 Å². The number of fused-ring (bicyclic) bond motifs is 3. The highest BCUT2D eigenvalue weighted by molar-refractivity contribution is 7.91. The number of nitrogens with zero attached hydrogens (tertiary/aromatic N) is 6. The Kier molecular flexibility index (Phi) is 5.92. The highest BCUT2D eigenvalue weighted by Crippen LogP contribution is 2.35. The van der Waals surface area contributed by atoms with Crippen LogP contribution in [-0.4, -0.2) is 52.6 Å². The third-order valence-electron chi connectivity index (χ3n) is 7.25. The molecule has 0 bridgehead atoms. The highest BCUT2D eigenvalue weighted by atomic mass is 32.2. The van der Waals surface area contributed by atoms with Crippen LogP contribution in [0.4, 0.5) is 11.6 Å². The van der Waals surface area contributed by atoms with E-state index in [1.165, 1.54) is 4.68 Å². The van der Waals surface area contributed by atoms with Crippen LogP contribution in [0.1, 0.15) is 31.0 Å². The maximum Gasteiger partial charge on any atom is 0.293 e. The van der Waals surface area contributed by atoms with Crippen LogP contribution in [0.2, 0.25) is 0 Å². The lowest BCUT2D eigenvalue weighted by atomic mass is 10.1. The van der Waals surface area contributed by atoms with Gasteiger partial charge >= 0.3 is 0 Å². The monoisotopic (exact) mass is 531 g/mol. The largest absolute Gasteiger partial charge is 0.341 e. The molecule has 0 radical (unpaired) electrons. The predicted octanol–water partition coefficient (Wildman–Crippen LogP) is 2.82. The number of aromatic nitrogens is 4. The predicted molar refractivity (Wildman–Crippen MR) is 146 cm³/mol. The number of piperidine rings is 1. The van der Waals surface area contributed by atoms with Gasteiger partial charge in [-0.3, -0.25) is 4.79 Å². The van der Waals surface area contributed by atoms with E-state index in [9.17, 15) is 13.2 Å². The van der Waals surface area contributed by atoms with Gasteiger partial charge in [-0.15, -0.1) is 0 Å². The minimum Gasteiger partial charge on any atom is -0.341 e. The standard InChI is InChI=1S/C27H29N7O3S/c1-3-33-25-24(30-27(33)32-14-8-9-18(28)15-32)17(2)31-34(26(25)35)16-21-19-10-4-6-12-22(19)38(36,37)23-13-7-5-11-20(23)29-21/h4-7,10-13,18H,3,8-9,14-16,28H2,1-2H3. The van der Waals surface area contributed by atoms with Crippen molar-refractivity contribution in [2.75, 3.05) is 18.0 Å². The summed E-state index contributed by atoms with van der Waals surface area (Å²) in [7, 11) is -3.79. The third-order valence-corrected chi connectivity index (χ3v) is 9.11. The molecule has 2 aromatic heterocycles. The molecule has 4 heterocycles. The summed E-state index contributed by atoms with van der Waals surface area (Å²) < 4.78 is 30.3. The van der Waals surface area contributed by atoms with Crippen molar-refractivity contribution in [1.82, 2.24) is 19.3 Å². The molecule has 0 amide bonds. The summed E-state index contributed by atoms with van der Waals surface area (Å²) in [5.74, 6) is 0.731. The normalized spacial score (nSPS) is 18.6. The molecule has 1 unspecified atom stereocenters.